The topological polar surface area (TPSA) is 30.9 Å². The quantitative estimate of drug-likeness (QED) is 0.539. The molecular formula is C5H12N4. The van der Waals surface area contributed by atoms with Crippen molar-refractivity contribution in [3.8, 4) is 0 Å². The Morgan fingerprint density at radius 2 is 2.22 bits per heavy atom. The van der Waals surface area contributed by atoms with Crippen LogP contribution in [0.3, 0.4) is 0 Å². The molecule has 1 aliphatic heterocycles. The molecule has 0 bridgehead atoms. The lowest BCUT2D eigenvalue weighted by Gasteiger charge is -2.16. The average Bonchev–Trinajstić information content (AvgIpc) is 2.13. The van der Waals surface area contributed by atoms with Gasteiger partial charge in [0.25, 0.3) is 0 Å². The monoisotopic (exact) mass is 128 g/mol. The molecule has 0 fully saturated rings. The molecule has 1 rings (SSSR count). The molecule has 1 aliphatic rings. The molecule has 0 aromatic rings. The van der Waals surface area contributed by atoms with Crippen molar-refractivity contribution in [2.24, 2.45) is 5.10 Å². The molecule has 1 heterocycles. The molecular weight excluding hydrogens is 116 g/mol. The summed E-state index contributed by atoms with van der Waals surface area (Å²) in [6.45, 7) is 2.07. The summed E-state index contributed by atoms with van der Waals surface area (Å²) in [4.78, 5) is 0. The van der Waals surface area contributed by atoms with Crippen LogP contribution in [0.1, 0.15) is 13.3 Å². The fourth-order valence-corrected chi connectivity index (χ4v) is 0.673. The van der Waals surface area contributed by atoms with Crippen LogP contribution < -0.4 is 5.43 Å². The van der Waals surface area contributed by atoms with Gasteiger partial charge in [0.1, 0.15) is 5.84 Å². The standard InChI is InChI=1S/C5H12N4/c1-4-5-6-8(2)9(3)7-5/h4H2,1-3H3,(H,6,7). The minimum atomic E-state index is 0.953. The third-order valence-corrected chi connectivity index (χ3v) is 1.33. The van der Waals surface area contributed by atoms with Crippen LogP contribution in [0.15, 0.2) is 5.10 Å². The lowest BCUT2D eigenvalue weighted by molar-refractivity contribution is 0.0274. The summed E-state index contributed by atoms with van der Waals surface area (Å²) in [5.74, 6) is 1.01. The molecule has 0 saturated carbocycles. The summed E-state index contributed by atoms with van der Waals surface area (Å²) in [5.41, 5.74) is 3.06. The van der Waals surface area contributed by atoms with Crippen LogP contribution in [-0.2, 0) is 0 Å². The van der Waals surface area contributed by atoms with E-state index in [9.17, 15) is 0 Å². The molecule has 4 heteroatoms. The highest BCUT2D eigenvalue weighted by Crippen LogP contribution is 1.98. The van der Waals surface area contributed by atoms with Gasteiger partial charge in [0.2, 0.25) is 0 Å². The zero-order valence-corrected chi connectivity index (χ0v) is 6.05. The predicted octanol–water partition coefficient (Wildman–Crippen LogP) is 0.00670. The van der Waals surface area contributed by atoms with Gasteiger partial charge in [-0.05, 0) is 0 Å². The van der Waals surface area contributed by atoms with Gasteiger partial charge in [0.15, 0.2) is 0 Å². The Morgan fingerprint density at radius 1 is 1.56 bits per heavy atom. The number of nitrogens with one attached hydrogen (secondary N) is 1. The van der Waals surface area contributed by atoms with Gasteiger partial charge < -0.3 is 0 Å². The van der Waals surface area contributed by atoms with Crippen LogP contribution in [0.25, 0.3) is 0 Å². The molecule has 52 valence electrons. The first kappa shape index (κ1) is 6.35. The van der Waals surface area contributed by atoms with Gasteiger partial charge in [0, 0.05) is 20.5 Å². The minimum absolute atomic E-state index is 0.953. The maximum atomic E-state index is 4.15. The van der Waals surface area contributed by atoms with Gasteiger partial charge in [-0.15, -0.1) is 10.2 Å². The van der Waals surface area contributed by atoms with E-state index in [2.05, 4.69) is 17.5 Å². The molecule has 0 saturated heterocycles. The van der Waals surface area contributed by atoms with Gasteiger partial charge >= 0.3 is 0 Å². The Bertz CT molecular complexity index is 131. The molecule has 0 aromatic heterocycles. The predicted molar refractivity (Wildman–Crippen MR) is 36.4 cm³/mol. The second-order valence-corrected chi connectivity index (χ2v) is 2.03. The Kier molecular flexibility index (Phi) is 1.57. The van der Waals surface area contributed by atoms with E-state index in [1.54, 1.807) is 5.12 Å². The number of hydrogen-bond donors (Lipinski definition) is 1. The fraction of sp³-hybridized carbons (Fsp3) is 0.800. The molecule has 4 nitrogen and oxygen atoms in total. The molecule has 9 heavy (non-hydrogen) atoms. The SMILES string of the molecule is CCC1=NN(C)N(C)N1. The smallest absolute Gasteiger partial charge is 0.139 e. The van der Waals surface area contributed by atoms with Crippen molar-refractivity contribution in [3.63, 3.8) is 0 Å². The average molecular weight is 128 g/mol. The number of rotatable bonds is 1. The molecule has 0 unspecified atom stereocenters. The van der Waals surface area contributed by atoms with Gasteiger partial charge in [0.05, 0.1) is 0 Å². The zero-order valence-electron chi connectivity index (χ0n) is 6.05. The third-order valence-electron chi connectivity index (χ3n) is 1.33. The Morgan fingerprint density at radius 3 is 2.44 bits per heavy atom. The van der Waals surface area contributed by atoms with Crippen molar-refractivity contribution in [3.05, 3.63) is 0 Å². The first-order valence-corrected chi connectivity index (χ1v) is 3.05. The van der Waals surface area contributed by atoms with Crippen LogP contribution in [0.2, 0.25) is 0 Å². The lowest BCUT2D eigenvalue weighted by atomic mass is 10.5. The number of nitrogens with zero attached hydrogens (tertiary/aromatic N) is 3. The summed E-state index contributed by atoms with van der Waals surface area (Å²) in [5, 5.41) is 7.75. The van der Waals surface area contributed by atoms with Crippen LogP contribution in [0.5, 0.6) is 0 Å². The Balaban J connectivity index is 2.52. The summed E-state index contributed by atoms with van der Waals surface area (Å²) < 4.78 is 0. The highest BCUT2D eigenvalue weighted by Gasteiger charge is 2.12. The maximum Gasteiger partial charge on any atom is 0.139 e. The van der Waals surface area contributed by atoms with Gasteiger partial charge in [-0.1, -0.05) is 6.92 Å². The summed E-state index contributed by atoms with van der Waals surface area (Å²) in [7, 11) is 3.82. The zero-order chi connectivity index (χ0) is 6.85. The minimum Gasteiger partial charge on any atom is -0.286 e. The summed E-state index contributed by atoms with van der Waals surface area (Å²) in [6.07, 6.45) is 0.953. The molecule has 0 spiro atoms. The Labute approximate surface area is 55.1 Å². The lowest BCUT2D eigenvalue weighted by Crippen LogP contribution is -2.38. The van der Waals surface area contributed by atoms with E-state index in [0.29, 0.717) is 0 Å². The summed E-state index contributed by atoms with van der Waals surface area (Å²) >= 11 is 0. The molecule has 0 aromatic carbocycles. The van der Waals surface area contributed by atoms with Gasteiger partial charge in [-0.25, -0.2) is 5.12 Å². The first-order chi connectivity index (χ1) is 4.24. The highest BCUT2D eigenvalue weighted by atomic mass is 15.9. The van der Waals surface area contributed by atoms with Crippen LogP contribution >= 0.6 is 0 Å². The van der Waals surface area contributed by atoms with Crippen molar-refractivity contribution in [1.29, 1.82) is 0 Å². The molecule has 0 atom stereocenters. The molecule has 1 N–H and O–H groups in total. The van der Waals surface area contributed by atoms with Gasteiger partial charge in [-0.2, -0.15) is 0 Å². The normalized spacial score (nSPS) is 19.9. The van der Waals surface area contributed by atoms with Crippen LogP contribution in [-0.4, -0.2) is 30.2 Å². The largest absolute Gasteiger partial charge is 0.286 e. The van der Waals surface area contributed by atoms with Crippen molar-refractivity contribution >= 4 is 5.84 Å². The van der Waals surface area contributed by atoms with E-state index in [1.165, 1.54) is 0 Å². The maximum absolute atomic E-state index is 4.15. The van der Waals surface area contributed by atoms with E-state index in [0.717, 1.165) is 12.3 Å². The highest BCUT2D eigenvalue weighted by molar-refractivity contribution is 5.81. The third kappa shape index (κ3) is 1.13. The van der Waals surface area contributed by atoms with Crippen molar-refractivity contribution in [2.45, 2.75) is 13.3 Å². The number of hydrogen-bond acceptors (Lipinski definition) is 4. The summed E-state index contributed by atoms with van der Waals surface area (Å²) in [6, 6.07) is 0. The number of hydrazone groups is 1. The van der Waals surface area contributed by atoms with E-state index in [-0.39, 0.29) is 0 Å². The van der Waals surface area contributed by atoms with Gasteiger partial charge in [-0.3, -0.25) is 5.43 Å². The first-order valence-electron chi connectivity index (χ1n) is 3.05. The van der Waals surface area contributed by atoms with Crippen molar-refractivity contribution in [2.75, 3.05) is 14.1 Å². The van der Waals surface area contributed by atoms with E-state index < -0.39 is 0 Å². The van der Waals surface area contributed by atoms with Crippen molar-refractivity contribution in [1.82, 2.24) is 15.7 Å². The Hall–Kier alpha value is -0.770. The van der Waals surface area contributed by atoms with E-state index >= 15 is 0 Å². The second kappa shape index (κ2) is 2.23. The van der Waals surface area contributed by atoms with Crippen LogP contribution in [0.4, 0.5) is 0 Å². The van der Waals surface area contributed by atoms with E-state index in [1.807, 2.05) is 19.2 Å². The molecule has 0 aliphatic carbocycles. The number of amidine groups is 1. The molecule has 0 radical (unpaired) electrons. The number of hydrazine groups is 2. The van der Waals surface area contributed by atoms with Crippen molar-refractivity contribution < 1.29 is 0 Å². The fourth-order valence-electron chi connectivity index (χ4n) is 0.673. The second-order valence-electron chi connectivity index (χ2n) is 2.03. The van der Waals surface area contributed by atoms with Crippen LogP contribution in [0, 0.1) is 0 Å². The van der Waals surface area contributed by atoms with E-state index in [4.69, 9.17) is 0 Å². The molecule has 0 amide bonds.